The van der Waals surface area contributed by atoms with Crippen LogP contribution in [0.25, 0.3) is 10.9 Å². The van der Waals surface area contributed by atoms with Crippen molar-refractivity contribution in [2.75, 3.05) is 12.4 Å². The van der Waals surface area contributed by atoms with Crippen LogP contribution in [0.15, 0.2) is 54.7 Å². The number of carbonyl (C=O) groups excluding carboxylic acids is 1. The van der Waals surface area contributed by atoms with E-state index >= 15 is 0 Å². The van der Waals surface area contributed by atoms with Crippen molar-refractivity contribution >= 4 is 34.1 Å². The number of amides is 1. The van der Waals surface area contributed by atoms with Crippen molar-refractivity contribution in [3.8, 4) is 5.75 Å². The van der Waals surface area contributed by atoms with Gasteiger partial charge >= 0.3 is 0 Å². The maximum absolute atomic E-state index is 13.5. The topological polar surface area (TPSA) is 51.2 Å². The minimum absolute atomic E-state index is 0.0107. The predicted octanol–water partition coefficient (Wildman–Crippen LogP) is 5.35. The highest BCUT2D eigenvalue weighted by atomic mass is 35.5. The molecular formula is C22H21ClN2O2. The molecule has 0 aliphatic heterocycles. The molecule has 0 spiro atoms. The average Bonchev–Trinajstić information content (AvgIpc) is 3.19. The number of benzene rings is 2. The molecule has 1 aliphatic rings. The molecule has 1 amide bonds. The van der Waals surface area contributed by atoms with E-state index in [2.05, 4.69) is 10.3 Å². The van der Waals surface area contributed by atoms with Crippen LogP contribution in [0.3, 0.4) is 0 Å². The van der Waals surface area contributed by atoms with E-state index in [1.807, 2.05) is 48.5 Å². The fourth-order valence-corrected chi connectivity index (χ4v) is 4.43. The first-order valence-corrected chi connectivity index (χ1v) is 9.52. The van der Waals surface area contributed by atoms with Crippen molar-refractivity contribution in [2.45, 2.75) is 31.1 Å². The Balaban J connectivity index is 1.75. The smallest absolute Gasteiger partial charge is 0.235 e. The van der Waals surface area contributed by atoms with Crippen LogP contribution in [-0.4, -0.2) is 18.0 Å². The molecule has 138 valence electrons. The Labute approximate surface area is 163 Å². The molecule has 4 nitrogen and oxygen atoms in total. The summed E-state index contributed by atoms with van der Waals surface area (Å²) in [6.45, 7) is 0. The maximum atomic E-state index is 13.5. The quantitative estimate of drug-likeness (QED) is 0.664. The summed E-state index contributed by atoms with van der Waals surface area (Å²) in [6.07, 6.45) is 5.36. The van der Waals surface area contributed by atoms with Gasteiger partial charge in [0.1, 0.15) is 11.3 Å². The van der Waals surface area contributed by atoms with Gasteiger partial charge in [-0.3, -0.25) is 9.78 Å². The first kappa shape index (κ1) is 17.8. The Kier molecular flexibility index (Phi) is 4.75. The van der Waals surface area contributed by atoms with Crippen molar-refractivity contribution in [2.24, 2.45) is 0 Å². The second kappa shape index (κ2) is 7.20. The third-order valence-electron chi connectivity index (χ3n) is 5.48. The number of aromatic nitrogens is 1. The monoisotopic (exact) mass is 380 g/mol. The average molecular weight is 381 g/mol. The van der Waals surface area contributed by atoms with Gasteiger partial charge in [-0.2, -0.15) is 0 Å². The number of fused-ring (bicyclic) bond motifs is 1. The van der Waals surface area contributed by atoms with E-state index < -0.39 is 5.41 Å². The molecule has 1 heterocycles. The molecule has 0 bridgehead atoms. The number of halogens is 1. The van der Waals surface area contributed by atoms with E-state index in [4.69, 9.17) is 16.3 Å². The molecule has 1 aliphatic carbocycles. The van der Waals surface area contributed by atoms with Crippen molar-refractivity contribution in [1.29, 1.82) is 0 Å². The Hall–Kier alpha value is -2.59. The molecule has 5 heteroatoms. The zero-order valence-electron chi connectivity index (χ0n) is 15.2. The van der Waals surface area contributed by atoms with Crippen LogP contribution in [0.2, 0.25) is 5.02 Å². The van der Waals surface area contributed by atoms with Gasteiger partial charge in [0.05, 0.1) is 18.2 Å². The lowest BCUT2D eigenvalue weighted by atomic mass is 9.78. The van der Waals surface area contributed by atoms with E-state index in [1.165, 1.54) is 0 Å². The number of hydrogen-bond acceptors (Lipinski definition) is 3. The van der Waals surface area contributed by atoms with Crippen LogP contribution in [0.4, 0.5) is 5.69 Å². The number of methoxy groups -OCH3 is 1. The third-order valence-corrected chi connectivity index (χ3v) is 5.81. The van der Waals surface area contributed by atoms with E-state index in [-0.39, 0.29) is 5.91 Å². The lowest BCUT2D eigenvalue weighted by molar-refractivity contribution is -0.121. The summed E-state index contributed by atoms with van der Waals surface area (Å²) in [5.41, 5.74) is 1.79. The maximum Gasteiger partial charge on any atom is 0.235 e. The fourth-order valence-electron chi connectivity index (χ4n) is 4.11. The number of carbonyl (C=O) groups is 1. The molecule has 0 radical (unpaired) electrons. The highest BCUT2D eigenvalue weighted by molar-refractivity contribution is 6.32. The van der Waals surface area contributed by atoms with Gasteiger partial charge < -0.3 is 10.1 Å². The van der Waals surface area contributed by atoms with Crippen molar-refractivity contribution < 1.29 is 9.53 Å². The minimum atomic E-state index is -0.590. The molecule has 3 aromatic rings. The molecule has 1 aromatic heterocycles. The van der Waals surface area contributed by atoms with E-state index in [9.17, 15) is 4.79 Å². The largest absolute Gasteiger partial charge is 0.494 e. The standard InChI is InChI=1S/C22H21ClN2O2/c1-27-19-11-10-18(15-7-6-14-24-20(15)19)25-21(26)22(12-4-5-13-22)16-8-2-3-9-17(16)23/h2-3,6-11,14H,4-5,12-13H2,1H3,(H,25,26). The van der Waals surface area contributed by atoms with Gasteiger partial charge in [0.2, 0.25) is 5.91 Å². The lowest BCUT2D eigenvalue weighted by Gasteiger charge is -2.29. The summed E-state index contributed by atoms with van der Waals surface area (Å²) < 4.78 is 5.40. The van der Waals surface area contributed by atoms with Crippen LogP contribution in [-0.2, 0) is 10.2 Å². The van der Waals surface area contributed by atoms with Crippen LogP contribution >= 0.6 is 11.6 Å². The van der Waals surface area contributed by atoms with Gasteiger partial charge in [0.15, 0.2) is 0 Å². The molecule has 0 atom stereocenters. The molecule has 2 aromatic carbocycles. The normalized spacial score (nSPS) is 15.6. The Morgan fingerprint density at radius 1 is 1.11 bits per heavy atom. The molecule has 0 saturated heterocycles. The zero-order valence-corrected chi connectivity index (χ0v) is 15.9. The van der Waals surface area contributed by atoms with Gasteiger partial charge in [-0.1, -0.05) is 42.6 Å². The van der Waals surface area contributed by atoms with Gasteiger partial charge in [-0.15, -0.1) is 0 Å². The van der Waals surface area contributed by atoms with Crippen molar-refractivity contribution in [1.82, 2.24) is 4.98 Å². The minimum Gasteiger partial charge on any atom is -0.494 e. The number of hydrogen-bond donors (Lipinski definition) is 1. The first-order chi connectivity index (χ1) is 13.2. The van der Waals surface area contributed by atoms with E-state index in [1.54, 1.807) is 13.3 Å². The number of nitrogens with one attached hydrogen (secondary N) is 1. The summed E-state index contributed by atoms with van der Waals surface area (Å²) in [5, 5.41) is 4.66. The molecule has 4 rings (SSSR count). The van der Waals surface area contributed by atoms with E-state index in [0.29, 0.717) is 10.8 Å². The highest BCUT2D eigenvalue weighted by Gasteiger charge is 2.44. The lowest BCUT2D eigenvalue weighted by Crippen LogP contribution is -2.38. The van der Waals surface area contributed by atoms with Gasteiger partial charge in [-0.25, -0.2) is 0 Å². The second-order valence-electron chi connectivity index (χ2n) is 6.94. The molecule has 1 fully saturated rings. The number of nitrogens with zero attached hydrogens (tertiary/aromatic N) is 1. The number of ether oxygens (including phenoxy) is 1. The Morgan fingerprint density at radius 3 is 2.63 bits per heavy atom. The summed E-state index contributed by atoms with van der Waals surface area (Å²) in [4.78, 5) is 17.9. The predicted molar refractivity (Wildman–Crippen MR) is 109 cm³/mol. The van der Waals surface area contributed by atoms with Crippen LogP contribution in [0.5, 0.6) is 5.75 Å². The number of anilines is 1. The van der Waals surface area contributed by atoms with Gasteiger partial charge in [-0.05, 0) is 48.7 Å². The summed E-state index contributed by atoms with van der Waals surface area (Å²) in [5.74, 6) is 0.675. The van der Waals surface area contributed by atoms with Gasteiger partial charge in [0.25, 0.3) is 0 Å². The second-order valence-corrected chi connectivity index (χ2v) is 7.35. The molecule has 0 unspecified atom stereocenters. The SMILES string of the molecule is COc1ccc(NC(=O)C2(c3ccccc3Cl)CCCC2)c2cccnc12. The molecule has 1 saturated carbocycles. The Bertz CT molecular complexity index is 997. The highest BCUT2D eigenvalue weighted by Crippen LogP contribution is 2.45. The Morgan fingerprint density at radius 2 is 1.89 bits per heavy atom. The third kappa shape index (κ3) is 3.04. The summed E-state index contributed by atoms with van der Waals surface area (Å²) in [6, 6.07) is 15.2. The molecular weight excluding hydrogens is 360 g/mol. The number of rotatable bonds is 4. The fraction of sp³-hybridized carbons (Fsp3) is 0.273. The van der Waals surface area contributed by atoms with E-state index in [0.717, 1.165) is 47.8 Å². The molecule has 1 N–H and O–H groups in total. The van der Waals surface area contributed by atoms with Crippen LogP contribution < -0.4 is 10.1 Å². The number of pyridine rings is 1. The van der Waals surface area contributed by atoms with Gasteiger partial charge in [0, 0.05) is 16.6 Å². The zero-order chi connectivity index (χ0) is 18.9. The van der Waals surface area contributed by atoms with Crippen LogP contribution in [0.1, 0.15) is 31.2 Å². The summed E-state index contributed by atoms with van der Waals surface area (Å²) >= 11 is 6.47. The summed E-state index contributed by atoms with van der Waals surface area (Å²) in [7, 11) is 1.62. The first-order valence-electron chi connectivity index (χ1n) is 9.14. The van der Waals surface area contributed by atoms with Crippen molar-refractivity contribution in [3.63, 3.8) is 0 Å². The molecule has 27 heavy (non-hydrogen) atoms. The van der Waals surface area contributed by atoms with Crippen molar-refractivity contribution in [3.05, 3.63) is 65.3 Å². The van der Waals surface area contributed by atoms with Crippen LogP contribution in [0, 0.1) is 0 Å².